The van der Waals surface area contributed by atoms with E-state index in [4.69, 9.17) is 10.2 Å². The second-order valence-corrected chi connectivity index (χ2v) is 4.42. The van der Waals surface area contributed by atoms with Crippen molar-refractivity contribution in [3.05, 3.63) is 11.6 Å². The van der Waals surface area contributed by atoms with E-state index in [0.29, 0.717) is 6.42 Å². The van der Waals surface area contributed by atoms with Crippen molar-refractivity contribution in [3.8, 4) is 0 Å². The Labute approximate surface area is 85.4 Å². The van der Waals surface area contributed by atoms with Crippen molar-refractivity contribution in [2.45, 2.75) is 33.6 Å². The molecule has 0 aromatic rings. The third-order valence-electron chi connectivity index (χ3n) is 1.92. The molecule has 0 atom stereocenters. The van der Waals surface area contributed by atoms with E-state index in [1.165, 1.54) is 5.57 Å². The Balaban J connectivity index is 0.000000364. The Morgan fingerprint density at radius 3 is 2.07 bits per heavy atom. The molecule has 0 fully saturated rings. The Bertz CT molecular complexity index is 215. The number of hydrogen-bond acceptors (Lipinski definition) is 3. The lowest BCUT2D eigenvalue weighted by atomic mass is 9.77. The molecule has 0 aliphatic heterocycles. The van der Waals surface area contributed by atoms with Gasteiger partial charge in [-0.3, -0.25) is 4.79 Å². The van der Waals surface area contributed by atoms with Crippen LogP contribution in [0, 0.1) is 5.41 Å². The molecule has 3 nitrogen and oxygen atoms in total. The lowest BCUT2D eigenvalue weighted by Gasteiger charge is -2.27. The fourth-order valence-electron chi connectivity index (χ4n) is 1.67. The largest absolute Gasteiger partial charge is 0.394 e. The Kier molecular flexibility index (Phi) is 5.65. The molecular formula is C11H20O3. The summed E-state index contributed by atoms with van der Waals surface area (Å²) in [6.07, 6.45) is 3.55. The van der Waals surface area contributed by atoms with Crippen LogP contribution in [-0.2, 0) is 4.79 Å². The monoisotopic (exact) mass is 200 g/mol. The number of rotatable bonds is 1. The molecule has 1 rings (SSSR count). The van der Waals surface area contributed by atoms with Gasteiger partial charge in [0.1, 0.15) is 0 Å². The fourth-order valence-corrected chi connectivity index (χ4v) is 1.67. The standard InChI is InChI=1S/C9H14O.C2H6O2/c1-7-4-8(10)6-9(2,3)5-7;3-1-2-4/h4H,5-6H2,1-3H3;3-4H,1-2H2. The van der Waals surface area contributed by atoms with Gasteiger partial charge in [0, 0.05) is 6.42 Å². The van der Waals surface area contributed by atoms with Gasteiger partial charge >= 0.3 is 0 Å². The van der Waals surface area contributed by atoms with E-state index in [2.05, 4.69) is 13.8 Å². The van der Waals surface area contributed by atoms with Gasteiger partial charge in [0.25, 0.3) is 0 Å². The van der Waals surface area contributed by atoms with Crippen LogP contribution >= 0.6 is 0 Å². The van der Waals surface area contributed by atoms with Gasteiger partial charge in [-0.15, -0.1) is 0 Å². The molecule has 0 spiro atoms. The fraction of sp³-hybridized carbons (Fsp3) is 0.727. The molecule has 0 radical (unpaired) electrons. The molecule has 1 aliphatic carbocycles. The van der Waals surface area contributed by atoms with E-state index >= 15 is 0 Å². The topological polar surface area (TPSA) is 57.5 Å². The molecule has 0 amide bonds. The highest BCUT2D eigenvalue weighted by molar-refractivity contribution is 5.91. The highest BCUT2D eigenvalue weighted by atomic mass is 16.3. The first-order valence-corrected chi connectivity index (χ1v) is 4.83. The smallest absolute Gasteiger partial charge is 0.156 e. The molecule has 0 heterocycles. The van der Waals surface area contributed by atoms with Crippen LogP contribution in [0.15, 0.2) is 11.6 Å². The number of hydrogen-bond donors (Lipinski definition) is 2. The SMILES string of the molecule is CC1=CC(=O)CC(C)(C)C1.OCCO. The lowest BCUT2D eigenvalue weighted by molar-refractivity contribution is -0.117. The summed E-state index contributed by atoms with van der Waals surface area (Å²) < 4.78 is 0. The zero-order valence-electron chi connectivity index (χ0n) is 9.21. The van der Waals surface area contributed by atoms with Crippen molar-refractivity contribution in [2.75, 3.05) is 13.2 Å². The van der Waals surface area contributed by atoms with E-state index in [-0.39, 0.29) is 24.4 Å². The Morgan fingerprint density at radius 1 is 1.29 bits per heavy atom. The van der Waals surface area contributed by atoms with Gasteiger partial charge in [0.2, 0.25) is 0 Å². The normalized spacial score (nSPS) is 19.5. The second-order valence-electron chi connectivity index (χ2n) is 4.42. The molecule has 0 saturated carbocycles. The average molecular weight is 200 g/mol. The molecule has 0 aromatic carbocycles. The number of allylic oxidation sites excluding steroid dienone is 2. The van der Waals surface area contributed by atoms with Crippen LogP contribution in [0.5, 0.6) is 0 Å². The molecule has 14 heavy (non-hydrogen) atoms. The van der Waals surface area contributed by atoms with Gasteiger partial charge in [0.15, 0.2) is 5.78 Å². The van der Waals surface area contributed by atoms with E-state index in [1.807, 2.05) is 6.92 Å². The van der Waals surface area contributed by atoms with E-state index in [0.717, 1.165) is 6.42 Å². The summed E-state index contributed by atoms with van der Waals surface area (Å²) in [5, 5.41) is 15.2. The first-order valence-electron chi connectivity index (χ1n) is 4.83. The quantitative estimate of drug-likeness (QED) is 0.670. The summed E-state index contributed by atoms with van der Waals surface area (Å²) in [5.74, 6) is 0.286. The molecular weight excluding hydrogens is 180 g/mol. The third kappa shape index (κ3) is 5.89. The van der Waals surface area contributed by atoms with E-state index in [1.54, 1.807) is 6.08 Å². The molecule has 0 unspecified atom stereocenters. The first-order chi connectivity index (χ1) is 6.41. The van der Waals surface area contributed by atoms with Crippen molar-refractivity contribution in [3.63, 3.8) is 0 Å². The van der Waals surface area contributed by atoms with Crippen LogP contribution in [0.3, 0.4) is 0 Å². The maximum absolute atomic E-state index is 11.0. The van der Waals surface area contributed by atoms with Crippen LogP contribution in [0.25, 0.3) is 0 Å². The highest BCUT2D eigenvalue weighted by Gasteiger charge is 2.25. The van der Waals surface area contributed by atoms with Crippen molar-refractivity contribution in [2.24, 2.45) is 5.41 Å². The van der Waals surface area contributed by atoms with E-state index in [9.17, 15) is 4.79 Å². The molecule has 0 bridgehead atoms. The van der Waals surface area contributed by atoms with Crippen molar-refractivity contribution < 1.29 is 15.0 Å². The van der Waals surface area contributed by atoms with Gasteiger partial charge in [-0.25, -0.2) is 0 Å². The number of carbonyl (C=O) groups is 1. The molecule has 2 N–H and O–H groups in total. The maximum Gasteiger partial charge on any atom is 0.156 e. The average Bonchev–Trinajstić information content (AvgIpc) is 2.00. The predicted molar refractivity (Wildman–Crippen MR) is 56.0 cm³/mol. The number of ketones is 1. The van der Waals surface area contributed by atoms with Crippen molar-refractivity contribution >= 4 is 5.78 Å². The minimum absolute atomic E-state index is 0.125. The zero-order valence-corrected chi connectivity index (χ0v) is 9.21. The first kappa shape index (κ1) is 13.3. The van der Waals surface area contributed by atoms with Gasteiger partial charge in [-0.1, -0.05) is 19.4 Å². The molecule has 82 valence electrons. The zero-order chi connectivity index (χ0) is 11.2. The number of aliphatic hydroxyl groups excluding tert-OH is 2. The third-order valence-corrected chi connectivity index (χ3v) is 1.92. The van der Waals surface area contributed by atoms with Crippen LogP contribution in [0.1, 0.15) is 33.6 Å². The maximum atomic E-state index is 11.0. The predicted octanol–water partition coefficient (Wildman–Crippen LogP) is 1.29. The Hall–Kier alpha value is -0.670. The summed E-state index contributed by atoms with van der Waals surface area (Å²) >= 11 is 0. The highest BCUT2D eigenvalue weighted by Crippen LogP contribution is 2.32. The van der Waals surface area contributed by atoms with Gasteiger partial charge in [0.05, 0.1) is 13.2 Å². The summed E-state index contributed by atoms with van der Waals surface area (Å²) in [7, 11) is 0. The van der Waals surface area contributed by atoms with Crippen LogP contribution < -0.4 is 0 Å². The van der Waals surface area contributed by atoms with Crippen molar-refractivity contribution in [1.82, 2.24) is 0 Å². The van der Waals surface area contributed by atoms with Crippen LogP contribution in [-0.4, -0.2) is 29.2 Å². The van der Waals surface area contributed by atoms with Gasteiger partial charge in [-0.2, -0.15) is 0 Å². The molecule has 0 aromatic heterocycles. The summed E-state index contributed by atoms with van der Waals surface area (Å²) in [6.45, 7) is 6.06. The lowest BCUT2D eigenvalue weighted by Crippen LogP contribution is -2.20. The van der Waals surface area contributed by atoms with Gasteiger partial charge in [-0.05, 0) is 24.8 Å². The van der Waals surface area contributed by atoms with E-state index < -0.39 is 0 Å². The molecule has 1 aliphatic rings. The van der Waals surface area contributed by atoms with Crippen molar-refractivity contribution in [1.29, 1.82) is 0 Å². The summed E-state index contributed by atoms with van der Waals surface area (Å²) in [5.41, 5.74) is 1.43. The van der Waals surface area contributed by atoms with Crippen LogP contribution in [0.4, 0.5) is 0 Å². The van der Waals surface area contributed by atoms with Gasteiger partial charge < -0.3 is 10.2 Å². The minimum Gasteiger partial charge on any atom is -0.394 e. The number of carbonyl (C=O) groups excluding carboxylic acids is 1. The minimum atomic E-state index is -0.125. The second kappa shape index (κ2) is 5.94. The molecule has 3 heteroatoms. The summed E-state index contributed by atoms with van der Waals surface area (Å²) in [4.78, 5) is 11.0. The molecule has 0 saturated heterocycles. The summed E-state index contributed by atoms with van der Waals surface area (Å²) in [6, 6.07) is 0. The van der Waals surface area contributed by atoms with Crippen LogP contribution in [0.2, 0.25) is 0 Å². The Morgan fingerprint density at radius 2 is 1.79 bits per heavy atom. The number of aliphatic hydroxyl groups is 2.